The van der Waals surface area contributed by atoms with E-state index in [1.54, 1.807) is 0 Å². The normalized spacial score (nSPS) is 18.7. The van der Waals surface area contributed by atoms with E-state index in [0.717, 1.165) is 103 Å². The number of aliphatic hydroxyl groups is 2. The van der Waals surface area contributed by atoms with E-state index in [0.29, 0.717) is 25.7 Å². The van der Waals surface area contributed by atoms with Crippen molar-refractivity contribution in [2.75, 3.05) is 13.2 Å². The number of ether oxygens (including phenoxy) is 5. The summed E-state index contributed by atoms with van der Waals surface area (Å²) >= 11 is 0. The highest BCUT2D eigenvalue weighted by molar-refractivity contribution is 5.74. The Morgan fingerprint density at radius 2 is 0.831 bits per heavy atom. The molecule has 438 valence electrons. The molecule has 1 aliphatic heterocycles. The molecule has 0 amide bonds. The van der Waals surface area contributed by atoms with Gasteiger partial charge in [-0.05, 0) is 89.9 Å². The Morgan fingerprint density at radius 3 is 1.29 bits per heavy atom. The number of esters is 3. The van der Waals surface area contributed by atoms with Gasteiger partial charge in [0.05, 0.1) is 6.61 Å². The van der Waals surface area contributed by atoms with Crippen LogP contribution >= 0.6 is 0 Å². The second kappa shape index (κ2) is 52.3. The average Bonchev–Trinajstić information content (AvgIpc) is 3.42. The van der Waals surface area contributed by atoms with Crippen molar-refractivity contribution >= 4 is 23.9 Å². The van der Waals surface area contributed by atoms with E-state index in [-0.39, 0.29) is 25.9 Å². The number of carbonyl (C=O) groups excluding carboxylic acids is 3. The van der Waals surface area contributed by atoms with Crippen LogP contribution in [0.1, 0.15) is 239 Å². The summed E-state index contributed by atoms with van der Waals surface area (Å²) in [6, 6.07) is 0. The molecule has 0 radical (unpaired) electrons. The highest BCUT2D eigenvalue weighted by Gasteiger charge is 2.50. The predicted molar refractivity (Wildman–Crippen MR) is 312 cm³/mol. The molecule has 0 aromatic carbocycles. The van der Waals surface area contributed by atoms with Crippen LogP contribution in [0.5, 0.6) is 0 Å². The largest absolute Gasteiger partial charge is 0.479 e. The Balaban J connectivity index is 2.73. The number of aliphatic carboxylic acids is 1. The van der Waals surface area contributed by atoms with E-state index < -0.39 is 67.3 Å². The quantitative estimate of drug-likeness (QED) is 0.0228. The summed E-state index contributed by atoms with van der Waals surface area (Å²) in [5, 5.41) is 31.5. The molecule has 0 aromatic heterocycles. The summed E-state index contributed by atoms with van der Waals surface area (Å²) in [6.45, 7) is 5.72. The van der Waals surface area contributed by atoms with E-state index >= 15 is 0 Å². The van der Waals surface area contributed by atoms with Gasteiger partial charge in [0, 0.05) is 19.3 Å². The van der Waals surface area contributed by atoms with Crippen molar-refractivity contribution in [3.05, 3.63) is 97.2 Å². The SMILES string of the molecule is CC/C=C\C/C=C\C/C=C\C/C=C\C/C=C\CCCC(=O)OCC(COC1OC(C(=O)O)C(O)C(O)C1OC(=O)CCCCCCC/C=C\C/C=C\C/C=C\CC)OC(=O)CCCCCCCCCCCCCCCCC. The van der Waals surface area contributed by atoms with Gasteiger partial charge in [0.2, 0.25) is 0 Å². The first-order valence-electron chi connectivity index (χ1n) is 30.2. The van der Waals surface area contributed by atoms with Gasteiger partial charge in [-0.15, -0.1) is 0 Å². The highest BCUT2D eigenvalue weighted by atomic mass is 16.7. The number of hydrogen-bond donors (Lipinski definition) is 3. The molecule has 3 N–H and O–H groups in total. The molecule has 0 spiro atoms. The molecule has 6 atom stereocenters. The zero-order valence-electron chi connectivity index (χ0n) is 48.2. The van der Waals surface area contributed by atoms with Crippen molar-refractivity contribution in [3.8, 4) is 0 Å². The summed E-state index contributed by atoms with van der Waals surface area (Å²) in [7, 11) is 0. The Morgan fingerprint density at radius 1 is 0.442 bits per heavy atom. The van der Waals surface area contributed by atoms with E-state index in [2.05, 4.69) is 112 Å². The maximum atomic E-state index is 13.2. The van der Waals surface area contributed by atoms with Crippen molar-refractivity contribution < 1.29 is 58.2 Å². The van der Waals surface area contributed by atoms with Crippen molar-refractivity contribution in [1.29, 1.82) is 0 Å². The monoisotopic (exact) mass is 1080 g/mol. The number of unbranched alkanes of at least 4 members (excludes halogenated alkanes) is 20. The fourth-order valence-electron chi connectivity index (χ4n) is 8.59. The zero-order valence-corrected chi connectivity index (χ0v) is 48.2. The van der Waals surface area contributed by atoms with Crippen LogP contribution in [0.3, 0.4) is 0 Å². The van der Waals surface area contributed by atoms with Gasteiger partial charge >= 0.3 is 23.9 Å². The number of aliphatic hydroxyl groups excluding tert-OH is 2. The number of hydrogen-bond acceptors (Lipinski definition) is 11. The van der Waals surface area contributed by atoms with Crippen molar-refractivity contribution in [2.24, 2.45) is 0 Å². The van der Waals surface area contributed by atoms with Crippen LogP contribution in [0.25, 0.3) is 0 Å². The number of carbonyl (C=O) groups is 4. The molecule has 12 nitrogen and oxygen atoms in total. The first-order valence-corrected chi connectivity index (χ1v) is 30.2. The smallest absolute Gasteiger partial charge is 0.335 e. The lowest BCUT2D eigenvalue weighted by atomic mass is 9.98. The summed E-state index contributed by atoms with van der Waals surface area (Å²) in [4.78, 5) is 51.2. The molecule has 6 unspecified atom stereocenters. The second-order valence-electron chi connectivity index (χ2n) is 20.2. The Bertz CT molecular complexity index is 1710. The molecule has 12 heteroatoms. The van der Waals surface area contributed by atoms with E-state index in [1.165, 1.54) is 70.6 Å². The molecule has 0 aromatic rings. The first kappa shape index (κ1) is 70.7. The number of carboxylic acid groups (broad SMARTS) is 1. The van der Waals surface area contributed by atoms with Gasteiger partial charge in [0.15, 0.2) is 24.6 Å². The standard InChI is InChI=1S/C65H106O12/c1-4-7-10-13-16-19-22-25-28-29-32-33-36-39-42-45-48-51-57(66)73-54-56(75-58(67)52-49-46-43-40-37-34-30-26-23-20-17-14-11-8-5-2)55-74-65-63(61(70)60(69)62(77-65)64(71)72)76-59(68)53-50-47-44-41-38-35-31-27-24-21-18-15-12-9-6-3/h7,9-10,12,16,18-19,21,25,27-28,31-33,39,42,56,60-63,65,69-70H,4-6,8,11,13-15,17,20,22-24,26,29-30,34-38,40-41,43-55H2,1-3H3,(H,71,72)/b10-7-,12-9-,19-16-,21-18-,28-25-,31-27-,33-32-,42-39-. The van der Waals surface area contributed by atoms with E-state index in [1.807, 2.05) is 6.08 Å². The average molecular weight is 1080 g/mol. The summed E-state index contributed by atoms with van der Waals surface area (Å²) in [5.74, 6) is -3.22. The van der Waals surface area contributed by atoms with Crippen molar-refractivity contribution in [2.45, 2.75) is 276 Å². The molecular formula is C65H106O12. The number of allylic oxidation sites excluding steroid dienone is 16. The Labute approximate surface area is 466 Å². The maximum Gasteiger partial charge on any atom is 0.335 e. The lowest BCUT2D eigenvalue weighted by molar-refractivity contribution is -0.301. The van der Waals surface area contributed by atoms with Gasteiger partial charge in [-0.1, -0.05) is 227 Å². The van der Waals surface area contributed by atoms with Crippen LogP contribution in [0.2, 0.25) is 0 Å². The fraction of sp³-hybridized carbons (Fsp3) is 0.692. The van der Waals surface area contributed by atoms with Crippen molar-refractivity contribution in [3.63, 3.8) is 0 Å². The number of carboxylic acids is 1. The molecule has 1 fully saturated rings. The third-order valence-electron chi connectivity index (χ3n) is 13.2. The summed E-state index contributed by atoms with van der Waals surface area (Å²) in [6.07, 6.45) is 56.6. The van der Waals surface area contributed by atoms with E-state index in [4.69, 9.17) is 23.7 Å². The third kappa shape index (κ3) is 42.3. The Kier molecular flexibility index (Phi) is 48.0. The second-order valence-corrected chi connectivity index (χ2v) is 20.2. The van der Waals surface area contributed by atoms with Crippen LogP contribution in [-0.4, -0.2) is 89.2 Å². The molecule has 1 rings (SSSR count). The van der Waals surface area contributed by atoms with Gasteiger partial charge in [-0.25, -0.2) is 4.79 Å². The van der Waals surface area contributed by atoms with Crippen molar-refractivity contribution in [1.82, 2.24) is 0 Å². The van der Waals surface area contributed by atoms with Gasteiger partial charge in [0.25, 0.3) is 0 Å². The molecule has 0 bridgehead atoms. The minimum absolute atomic E-state index is 0.0324. The first-order chi connectivity index (χ1) is 37.6. The molecule has 0 saturated carbocycles. The number of rotatable bonds is 50. The van der Waals surface area contributed by atoms with E-state index in [9.17, 15) is 34.5 Å². The lowest BCUT2D eigenvalue weighted by Crippen LogP contribution is -2.61. The summed E-state index contributed by atoms with van der Waals surface area (Å²) < 4.78 is 28.4. The Hall–Kier alpha value is -4.36. The topological polar surface area (TPSA) is 175 Å². The minimum atomic E-state index is -1.92. The van der Waals surface area contributed by atoms with Crippen LogP contribution in [0.15, 0.2) is 97.2 Å². The summed E-state index contributed by atoms with van der Waals surface area (Å²) in [5.41, 5.74) is 0. The molecule has 77 heavy (non-hydrogen) atoms. The molecule has 1 heterocycles. The zero-order chi connectivity index (χ0) is 56.1. The highest BCUT2D eigenvalue weighted by Crippen LogP contribution is 2.26. The van der Waals surface area contributed by atoms with Gasteiger partial charge in [-0.2, -0.15) is 0 Å². The van der Waals surface area contributed by atoms with Gasteiger partial charge < -0.3 is 39.0 Å². The van der Waals surface area contributed by atoms with Gasteiger partial charge in [-0.3, -0.25) is 14.4 Å². The molecule has 0 aliphatic carbocycles. The molecule has 1 aliphatic rings. The van der Waals surface area contributed by atoms with Crippen LogP contribution in [-0.2, 0) is 42.9 Å². The lowest BCUT2D eigenvalue weighted by Gasteiger charge is -2.40. The molecule has 1 saturated heterocycles. The van der Waals surface area contributed by atoms with Crippen LogP contribution < -0.4 is 0 Å². The fourth-order valence-corrected chi connectivity index (χ4v) is 8.59. The predicted octanol–water partition coefficient (Wildman–Crippen LogP) is 15.7. The minimum Gasteiger partial charge on any atom is -0.479 e. The van der Waals surface area contributed by atoms with Crippen LogP contribution in [0, 0.1) is 0 Å². The third-order valence-corrected chi connectivity index (χ3v) is 13.2. The maximum absolute atomic E-state index is 13.2. The molecular weight excluding hydrogens is 973 g/mol. The van der Waals surface area contributed by atoms with Crippen LogP contribution in [0.4, 0.5) is 0 Å². The van der Waals surface area contributed by atoms with Gasteiger partial charge in [0.1, 0.15) is 18.8 Å².